The molecule has 19 heavy (non-hydrogen) atoms. The Morgan fingerprint density at radius 3 is 2.84 bits per heavy atom. The van der Waals surface area contributed by atoms with Crippen molar-refractivity contribution in [1.82, 2.24) is 15.1 Å². The maximum absolute atomic E-state index is 10.8. The Bertz CT molecular complexity index is 597. The summed E-state index contributed by atoms with van der Waals surface area (Å²) in [5.74, 6) is 0. The molecule has 1 heterocycles. The topological polar surface area (TPSA) is 73.0 Å². The maximum atomic E-state index is 10.8. The number of nitro benzene ring substituents is 1. The first-order chi connectivity index (χ1) is 9.04. The van der Waals surface area contributed by atoms with E-state index in [9.17, 15) is 10.1 Å². The van der Waals surface area contributed by atoms with Crippen LogP contribution in [-0.4, -0.2) is 14.7 Å². The van der Waals surface area contributed by atoms with Gasteiger partial charge in [-0.15, -0.1) is 0 Å². The summed E-state index contributed by atoms with van der Waals surface area (Å²) in [6.45, 7) is 1.18. The highest BCUT2D eigenvalue weighted by Crippen LogP contribution is 2.21. The van der Waals surface area contributed by atoms with Gasteiger partial charge in [0, 0.05) is 42.9 Å². The van der Waals surface area contributed by atoms with Crippen LogP contribution < -0.4 is 5.32 Å². The van der Waals surface area contributed by atoms with Gasteiger partial charge in [0.15, 0.2) is 0 Å². The first-order valence-electron chi connectivity index (χ1n) is 5.68. The quantitative estimate of drug-likeness (QED) is 0.677. The molecule has 0 aliphatic carbocycles. The summed E-state index contributed by atoms with van der Waals surface area (Å²) in [6.07, 6.45) is 1.88. The van der Waals surface area contributed by atoms with Crippen LogP contribution in [0, 0.1) is 10.1 Å². The fraction of sp³-hybridized carbons (Fsp3) is 0.250. The van der Waals surface area contributed by atoms with Crippen LogP contribution in [0.25, 0.3) is 0 Å². The lowest BCUT2D eigenvalue weighted by atomic mass is 10.2. The zero-order chi connectivity index (χ0) is 13.8. The molecule has 0 spiro atoms. The van der Waals surface area contributed by atoms with Crippen LogP contribution in [0.5, 0.6) is 0 Å². The lowest BCUT2D eigenvalue weighted by Crippen LogP contribution is -2.13. The summed E-state index contributed by atoms with van der Waals surface area (Å²) >= 11 is 3.27. The molecule has 0 aliphatic heterocycles. The second-order valence-electron chi connectivity index (χ2n) is 4.16. The number of nitro groups is 1. The number of nitrogens with zero attached hydrogens (tertiary/aromatic N) is 3. The second-order valence-corrected chi connectivity index (χ2v) is 5.07. The number of rotatable bonds is 5. The summed E-state index contributed by atoms with van der Waals surface area (Å²) in [4.78, 5) is 10.4. The highest BCUT2D eigenvalue weighted by atomic mass is 79.9. The predicted molar refractivity (Wildman–Crippen MR) is 74.5 cm³/mol. The van der Waals surface area contributed by atoms with Crippen LogP contribution >= 0.6 is 15.9 Å². The third-order valence-corrected chi connectivity index (χ3v) is 3.02. The number of benzene rings is 1. The van der Waals surface area contributed by atoms with E-state index in [-0.39, 0.29) is 5.69 Å². The number of aromatic nitrogens is 2. The molecule has 0 bridgehead atoms. The van der Waals surface area contributed by atoms with Gasteiger partial charge in [-0.05, 0) is 17.7 Å². The third kappa shape index (κ3) is 3.87. The van der Waals surface area contributed by atoms with Crippen molar-refractivity contribution in [1.29, 1.82) is 0 Å². The van der Waals surface area contributed by atoms with Crippen LogP contribution in [0.1, 0.15) is 11.3 Å². The van der Waals surface area contributed by atoms with Crippen molar-refractivity contribution in [2.45, 2.75) is 13.1 Å². The van der Waals surface area contributed by atoms with Gasteiger partial charge in [0.2, 0.25) is 0 Å². The van der Waals surface area contributed by atoms with Crippen LogP contribution in [0.2, 0.25) is 0 Å². The summed E-state index contributed by atoms with van der Waals surface area (Å²) < 4.78 is 2.44. The van der Waals surface area contributed by atoms with Gasteiger partial charge in [-0.1, -0.05) is 15.9 Å². The van der Waals surface area contributed by atoms with E-state index < -0.39 is 4.92 Å². The zero-order valence-corrected chi connectivity index (χ0v) is 11.9. The smallest absolute Gasteiger partial charge is 0.270 e. The summed E-state index contributed by atoms with van der Waals surface area (Å²) in [7, 11) is 1.86. The number of nitrogens with one attached hydrogen (secondary N) is 1. The van der Waals surface area contributed by atoms with Gasteiger partial charge in [-0.3, -0.25) is 14.8 Å². The van der Waals surface area contributed by atoms with Crippen molar-refractivity contribution in [2.24, 2.45) is 7.05 Å². The highest BCUT2D eigenvalue weighted by molar-refractivity contribution is 9.10. The van der Waals surface area contributed by atoms with E-state index in [4.69, 9.17) is 0 Å². The number of hydrogen-bond donors (Lipinski definition) is 1. The van der Waals surface area contributed by atoms with Crippen molar-refractivity contribution in [3.8, 4) is 0 Å². The van der Waals surface area contributed by atoms with E-state index in [1.807, 2.05) is 25.4 Å². The molecule has 0 amide bonds. The Labute approximate surface area is 118 Å². The van der Waals surface area contributed by atoms with E-state index in [0.717, 1.165) is 11.3 Å². The number of halogens is 1. The molecule has 0 atom stereocenters. The Morgan fingerprint density at radius 2 is 2.21 bits per heavy atom. The molecule has 0 fully saturated rings. The van der Waals surface area contributed by atoms with Crippen molar-refractivity contribution >= 4 is 21.6 Å². The van der Waals surface area contributed by atoms with Crippen LogP contribution in [0.15, 0.2) is 34.9 Å². The average molecular weight is 325 g/mol. The van der Waals surface area contributed by atoms with Gasteiger partial charge in [-0.25, -0.2) is 0 Å². The molecule has 0 aliphatic rings. The molecule has 2 aromatic rings. The first kappa shape index (κ1) is 13.7. The normalized spacial score (nSPS) is 10.6. The fourth-order valence-corrected chi connectivity index (χ4v) is 2.26. The molecule has 1 N–H and O–H groups in total. The lowest BCUT2D eigenvalue weighted by molar-refractivity contribution is -0.385. The molecule has 1 aromatic heterocycles. The highest BCUT2D eigenvalue weighted by Gasteiger charge is 2.08. The zero-order valence-electron chi connectivity index (χ0n) is 10.3. The number of hydrogen-bond acceptors (Lipinski definition) is 4. The minimum atomic E-state index is -0.396. The maximum Gasteiger partial charge on any atom is 0.270 e. The average Bonchev–Trinajstić information content (AvgIpc) is 2.74. The van der Waals surface area contributed by atoms with E-state index in [1.165, 1.54) is 6.07 Å². The second kappa shape index (κ2) is 5.94. The van der Waals surface area contributed by atoms with Crippen LogP contribution in [0.3, 0.4) is 0 Å². The van der Waals surface area contributed by atoms with Gasteiger partial charge in [-0.2, -0.15) is 5.10 Å². The van der Waals surface area contributed by atoms with Gasteiger partial charge in [0.1, 0.15) is 0 Å². The molecule has 0 saturated heterocycles. The van der Waals surface area contributed by atoms with Crippen molar-refractivity contribution in [2.75, 3.05) is 0 Å². The molecule has 0 saturated carbocycles. The van der Waals surface area contributed by atoms with Crippen molar-refractivity contribution in [3.05, 3.63) is 56.3 Å². The van der Waals surface area contributed by atoms with E-state index in [2.05, 4.69) is 26.3 Å². The number of non-ortho nitro benzene ring substituents is 1. The molecule has 1 aromatic carbocycles. The lowest BCUT2D eigenvalue weighted by Gasteiger charge is -2.04. The van der Waals surface area contributed by atoms with Gasteiger partial charge >= 0.3 is 0 Å². The minimum absolute atomic E-state index is 0.0870. The fourth-order valence-electron chi connectivity index (χ4n) is 1.73. The largest absolute Gasteiger partial charge is 0.307 e. The van der Waals surface area contributed by atoms with Crippen molar-refractivity contribution < 1.29 is 4.92 Å². The molecule has 7 heteroatoms. The van der Waals surface area contributed by atoms with E-state index in [0.29, 0.717) is 17.6 Å². The first-order valence-corrected chi connectivity index (χ1v) is 6.47. The van der Waals surface area contributed by atoms with E-state index in [1.54, 1.807) is 10.7 Å². The molecular weight excluding hydrogens is 312 g/mol. The molecule has 0 radical (unpaired) electrons. The Kier molecular flexibility index (Phi) is 4.28. The summed E-state index contributed by atoms with van der Waals surface area (Å²) in [6, 6.07) is 6.84. The Morgan fingerprint density at radius 1 is 1.42 bits per heavy atom. The van der Waals surface area contributed by atoms with Crippen LogP contribution in [0.4, 0.5) is 5.69 Å². The standard InChI is InChI=1S/C12H13BrN4O2/c1-16-3-2-11(15-16)8-14-7-9-4-10(13)6-12(5-9)17(18)19/h2-6,14H,7-8H2,1H3. The Balaban J connectivity index is 1.97. The molecular formula is C12H13BrN4O2. The Hall–Kier alpha value is -1.73. The SMILES string of the molecule is Cn1ccc(CNCc2cc(Br)cc([N+](=O)[O-])c2)n1. The summed E-state index contributed by atoms with van der Waals surface area (Å²) in [5.41, 5.74) is 1.88. The molecule has 2 rings (SSSR count). The van der Waals surface area contributed by atoms with Crippen LogP contribution in [-0.2, 0) is 20.1 Å². The van der Waals surface area contributed by atoms with Crippen molar-refractivity contribution in [3.63, 3.8) is 0 Å². The van der Waals surface area contributed by atoms with Gasteiger partial charge in [0.05, 0.1) is 10.6 Å². The third-order valence-electron chi connectivity index (χ3n) is 2.56. The molecule has 6 nitrogen and oxygen atoms in total. The van der Waals surface area contributed by atoms with E-state index >= 15 is 0 Å². The van der Waals surface area contributed by atoms with Gasteiger partial charge in [0.25, 0.3) is 5.69 Å². The number of aryl methyl sites for hydroxylation is 1. The van der Waals surface area contributed by atoms with Gasteiger partial charge < -0.3 is 5.32 Å². The monoisotopic (exact) mass is 324 g/mol. The molecule has 100 valence electrons. The molecule has 0 unspecified atom stereocenters. The predicted octanol–water partition coefficient (Wildman–Crippen LogP) is 2.38. The summed E-state index contributed by atoms with van der Waals surface area (Å²) in [5, 5.41) is 18.2. The minimum Gasteiger partial charge on any atom is -0.307 e.